The van der Waals surface area contributed by atoms with Gasteiger partial charge >= 0.3 is 0 Å². The van der Waals surface area contributed by atoms with Gasteiger partial charge in [-0.05, 0) is 61.7 Å². The average Bonchev–Trinajstić information content (AvgIpc) is 3.04. The van der Waals surface area contributed by atoms with Crippen molar-refractivity contribution < 1.29 is 17.9 Å². The molecule has 0 radical (unpaired) electrons. The molecule has 1 amide bonds. The van der Waals surface area contributed by atoms with Crippen LogP contribution in [0.25, 0.3) is 0 Å². The van der Waals surface area contributed by atoms with Crippen molar-refractivity contribution in [2.75, 3.05) is 25.5 Å². The summed E-state index contributed by atoms with van der Waals surface area (Å²) < 4.78 is 31.6. The smallest absolute Gasteiger partial charge is 0.267 e. The molecule has 3 rings (SSSR count). The van der Waals surface area contributed by atoms with E-state index in [4.69, 9.17) is 4.74 Å². The molecule has 0 saturated carbocycles. The van der Waals surface area contributed by atoms with E-state index >= 15 is 0 Å². The van der Waals surface area contributed by atoms with E-state index in [1.165, 1.54) is 18.4 Å². The van der Waals surface area contributed by atoms with Crippen molar-refractivity contribution in [2.24, 2.45) is 0 Å². The number of hydrogen-bond acceptors (Lipinski definition) is 4. The Hall–Kier alpha value is -2.38. The highest BCUT2D eigenvalue weighted by Gasteiger charge is 2.30. The van der Waals surface area contributed by atoms with E-state index in [2.05, 4.69) is 0 Å². The second kappa shape index (κ2) is 7.32. The molecule has 0 aromatic heterocycles. The summed E-state index contributed by atoms with van der Waals surface area (Å²) in [6.45, 7) is 4.21. The Bertz CT molecular complexity index is 970. The molecule has 2 aromatic carbocycles. The summed E-state index contributed by atoms with van der Waals surface area (Å²) in [6.07, 6.45) is -0.0161. The molecule has 7 heteroatoms. The highest BCUT2D eigenvalue weighted by Crippen LogP contribution is 2.31. The van der Waals surface area contributed by atoms with E-state index in [0.717, 1.165) is 16.8 Å². The third kappa shape index (κ3) is 3.84. The Labute approximate surface area is 160 Å². The molecular formula is C20H24N2O4S. The third-order valence-electron chi connectivity index (χ3n) is 4.64. The first-order valence-corrected chi connectivity index (χ1v) is 10.2. The molecule has 1 atom stereocenters. The molecule has 0 aliphatic carbocycles. The van der Waals surface area contributed by atoms with Gasteiger partial charge < -0.3 is 9.64 Å². The highest BCUT2D eigenvalue weighted by molar-refractivity contribution is 7.89. The lowest BCUT2D eigenvalue weighted by Crippen LogP contribution is -2.39. The van der Waals surface area contributed by atoms with Crippen molar-refractivity contribution in [3.05, 3.63) is 53.6 Å². The van der Waals surface area contributed by atoms with E-state index in [1.807, 2.05) is 31.2 Å². The molecule has 2 aromatic rings. The van der Waals surface area contributed by atoms with Crippen LogP contribution in [0, 0.1) is 6.92 Å². The Morgan fingerprint density at radius 3 is 2.59 bits per heavy atom. The van der Waals surface area contributed by atoms with Gasteiger partial charge in [0.25, 0.3) is 5.91 Å². The molecule has 1 aliphatic rings. The number of carbonyl (C=O) groups excluding carboxylic acids is 1. The van der Waals surface area contributed by atoms with E-state index in [-0.39, 0.29) is 10.8 Å². The van der Waals surface area contributed by atoms with Crippen LogP contribution in [0.15, 0.2) is 47.4 Å². The van der Waals surface area contributed by atoms with Gasteiger partial charge in [-0.15, -0.1) is 0 Å². The van der Waals surface area contributed by atoms with Crippen LogP contribution in [0.5, 0.6) is 5.75 Å². The number of amides is 1. The lowest BCUT2D eigenvalue weighted by atomic mass is 10.2. The fourth-order valence-electron chi connectivity index (χ4n) is 3.14. The normalized spacial score (nSPS) is 14.9. The maximum absolute atomic E-state index is 12.9. The van der Waals surface area contributed by atoms with Crippen LogP contribution in [0.3, 0.4) is 0 Å². The fourth-order valence-corrected chi connectivity index (χ4v) is 4.09. The molecule has 6 nitrogen and oxygen atoms in total. The van der Waals surface area contributed by atoms with Crippen molar-refractivity contribution in [1.29, 1.82) is 0 Å². The molecule has 0 spiro atoms. The zero-order valence-corrected chi connectivity index (χ0v) is 16.8. The molecule has 144 valence electrons. The lowest BCUT2D eigenvalue weighted by Gasteiger charge is -2.23. The molecule has 0 N–H and O–H groups in total. The zero-order chi connectivity index (χ0) is 19.8. The molecule has 0 saturated heterocycles. The lowest BCUT2D eigenvalue weighted by molar-refractivity contribution is -0.124. The summed E-state index contributed by atoms with van der Waals surface area (Å²) >= 11 is 0. The van der Waals surface area contributed by atoms with Crippen molar-refractivity contribution in [1.82, 2.24) is 4.31 Å². The maximum Gasteiger partial charge on any atom is 0.267 e. The van der Waals surface area contributed by atoms with Crippen LogP contribution < -0.4 is 9.64 Å². The van der Waals surface area contributed by atoms with Crippen LogP contribution in [0.4, 0.5) is 5.69 Å². The number of hydrogen-bond donors (Lipinski definition) is 0. The number of ether oxygens (including phenoxy) is 1. The van der Waals surface area contributed by atoms with Gasteiger partial charge in [0, 0.05) is 26.3 Å². The number of sulfonamides is 1. The highest BCUT2D eigenvalue weighted by atomic mass is 32.2. The van der Waals surface area contributed by atoms with Crippen LogP contribution in [0.2, 0.25) is 0 Å². The molecule has 0 unspecified atom stereocenters. The summed E-state index contributed by atoms with van der Waals surface area (Å²) in [6, 6.07) is 12.5. The van der Waals surface area contributed by atoms with Gasteiger partial charge in [0.05, 0.1) is 4.90 Å². The van der Waals surface area contributed by atoms with Gasteiger partial charge in [-0.25, -0.2) is 12.7 Å². The second-order valence-corrected chi connectivity index (χ2v) is 9.05. The van der Waals surface area contributed by atoms with Gasteiger partial charge in [0.1, 0.15) is 5.75 Å². The minimum absolute atomic E-state index is 0.140. The van der Waals surface area contributed by atoms with Crippen molar-refractivity contribution in [3.8, 4) is 5.75 Å². The van der Waals surface area contributed by atoms with E-state index in [0.29, 0.717) is 18.7 Å². The predicted molar refractivity (Wildman–Crippen MR) is 105 cm³/mol. The maximum atomic E-state index is 12.9. The Kier molecular flexibility index (Phi) is 5.26. The molecular weight excluding hydrogens is 364 g/mol. The number of carbonyl (C=O) groups is 1. The Morgan fingerprint density at radius 2 is 1.93 bits per heavy atom. The van der Waals surface area contributed by atoms with E-state index in [1.54, 1.807) is 30.0 Å². The number of benzene rings is 2. The van der Waals surface area contributed by atoms with Gasteiger partial charge in [0.15, 0.2) is 6.10 Å². The van der Waals surface area contributed by atoms with Gasteiger partial charge in [-0.3, -0.25) is 4.79 Å². The van der Waals surface area contributed by atoms with Crippen LogP contribution in [0.1, 0.15) is 18.1 Å². The fraction of sp³-hybridized carbons (Fsp3) is 0.350. The van der Waals surface area contributed by atoms with Gasteiger partial charge in [-0.1, -0.05) is 12.1 Å². The number of anilines is 1. The van der Waals surface area contributed by atoms with E-state index in [9.17, 15) is 13.2 Å². The topological polar surface area (TPSA) is 66.9 Å². The van der Waals surface area contributed by atoms with Gasteiger partial charge in [0.2, 0.25) is 10.0 Å². The monoisotopic (exact) mass is 388 g/mol. The first-order chi connectivity index (χ1) is 12.7. The summed E-state index contributed by atoms with van der Waals surface area (Å²) in [5.74, 6) is 0.515. The number of rotatable bonds is 5. The van der Waals surface area contributed by atoms with Crippen LogP contribution in [-0.4, -0.2) is 45.4 Å². The number of fused-ring (bicyclic) bond motifs is 1. The van der Waals surface area contributed by atoms with Crippen LogP contribution >= 0.6 is 0 Å². The van der Waals surface area contributed by atoms with Crippen LogP contribution in [-0.2, 0) is 21.2 Å². The average molecular weight is 388 g/mol. The second-order valence-electron chi connectivity index (χ2n) is 6.89. The summed E-state index contributed by atoms with van der Waals surface area (Å²) in [4.78, 5) is 14.8. The molecule has 0 fully saturated rings. The van der Waals surface area contributed by atoms with Crippen molar-refractivity contribution in [2.45, 2.75) is 31.3 Å². The van der Waals surface area contributed by atoms with Gasteiger partial charge in [-0.2, -0.15) is 0 Å². The first-order valence-electron chi connectivity index (χ1n) is 8.80. The quantitative estimate of drug-likeness (QED) is 0.790. The number of nitrogens with zero attached hydrogens (tertiary/aromatic N) is 2. The third-order valence-corrected chi connectivity index (χ3v) is 6.45. The summed E-state index contributed by atoms with van der Waals surface area (Å²) in [7, 11) is -0.487. The Morgan fingerprint density at radius 1 is 1.19 bits per heavy atom. The summed E-state index contributed by atoms with van der Waals surface area (Å²) in [5, 5.41) is 0. The summed E-state index contributed by atoms with van der Waals surface area (Å²) in [5.41, 5.74) is 2.67. The predicted octanol–water partition coefficient (Wildman–Crippen LogP) is 2.60. The number of aryl methyl sites for hydroxylation is 1. The first kappa shape index (κ1) is 19.4. The van der Waals surface area contributed by atoms with Crippen molar-refractivity contribution in [3.63, 3.8) is 0 Å². The van der Waals surface area contributed by atoms with E-state index < -0.39 is 16.1 Å². The largest absolute Gasteiger partial charge is 0.481 e. The zero-order valence-electron chi connectivity index (χ0n) is 16.0. The SMILES string of the molecule is Cc1cccc(O[C@@H](C)C(=O)N2CCc3cc(S(=O)(=O)N(C)C)ccc32)c1. The molecule has 0 bridgehead atoms. The molecule has 1 heterocycles. The standard InChI is InChI=1S/C20H24N2O4S/c1-14-6-5-7-17(12-14)26-15(2)20(23)22-11-10-16-13-18(8-9-19(16)22)27(24,25)21(3)4/h5-9,12-13,15H,10-11H2,1-4H3/t15-/m0/s1. The minimum Gasteiger partial charge on any atom is -0.481 e. The Balaban J connectivity index is 1.80. The molecule has 27 heavy (non-hydrogen) atoms. The minimum atomic E-state index is -3.49. The molecule has 1 aliphatic heterocycles. The van der Waals surface area contributed by atoms with Crippen molar-refractivity contribution >= 4 is 21.6 Å².